The predicted molar refractivity (Wildman–Crippen MR) is 75.4 cm³/mol. The van der Waals surface area contributed by atoms with Crippen molar-refractivity contribution in [2.75, 3.05) is 31.0 Å². The van der Waals surface area contributed by atoms with E-state index in [1.165, 1.54) is 12.1 Å². The molecule has 0 spiro atoms. The van der Waals surface area contributed by atoms with E-state index in [0.29, 0.717) is 12.1 Å². The van der Waals surface area contributed by atoms with Crippen LogP contribution in [0.5, 0.6) is 0 Å². The highest BCUT2D eigenvalue weighted by molar-refractivity contribution is 7.98. The summed E-state index contributed by atoms with van der Waals surface area (Å²) in [7, 11) is 3.47. The molecule has 0 bridgehead atoms. The summed E-state index contributed by atoms with van der Waals surface area (Å²) in [4.78, 5) is 1.66. The largest absolute Gasteiger partial charge is 0.366 e. The standard InChI is InChI=1S/C13H20F2N2S/c1-9(8-18-4)17(3)13-11(14)5-10(7-16-2)6-12(13)15/h5-6,9,16H,7-8H2,1-4H3. The summed E-state index contributed by atoms with van der Waals surface area (Å²) in [6.45, 7) is 2.41. The topological polar surface area (TPSA) is 15.3 Å². The highest BCUT2D eigenvalue weighted by atomic mass is 32.2. The van der Waals surface area contributed by atoms with Gasteiger partial charge in [0.15, 0.2) is 0 Å². The fourth-order valence-electron chi connectivity index (χ4n) is 1.83. The van der Waals surface area contributed by atoms with Gasteiger partial charge in [-0.2, -0.15) is 11.8 Å². The summed E-state index contributed by atoms with van der Waals surface area (Å²) < 4.78 is 27.9. The van der Waals surface area contributed by atoms with Crippen LogP contribution in [0.2, 0.25) is 0 Å². The van der Waals surface area contributed by atoms with Crippen LogP contribution in [0.1, 0.15) is 12.5 Å². The van der Waals surface area contributed by atoms with E-state index >= 15 is 0 Å². The molecular weight excluding hydrogens is 254 g/mol. The molecule has 1 unspecified atom stereocenters. The number of benzene rings is 1. The number of hydrogen-bond acceptors (Lipinski definition) is 3. The Morgan fingerprint density at radius 1 is 1.33 bits per heavy atom. The fraction of sp³-hybridized carbons (Fsp3) is 0.538. The molecule has 102 valence electrons. The Kier molecular flexibility index (Phi) is 5.88. The number of hydrogen-bond donors (Lipinski definition) is 1. The van der Waals surface area contributed by atoms with Gasteiger partial charge in [-0.05, 0) is 37.9 Å². The second kappa shape index (κ2) is 6.95. The molecular formula is C13H20F2N2S. The summed E-state index contributed by atoms with van der Waals surface area (Å²) >= 11 is 1.66. The fourth-order valence-corrected chi connectivity index (χ4v) is 2.54. The molecule has 0 aliphatic heterocycles. The van der Waals surface area contributed by atoms with Crippen LogP contribution in [0.4, 0.5) is 14.5 Å². The lowest BCUT2D eigenvalue weighted by atomic mass is 10.1. The van der Waals surface area contributed by atoms with Gasteiger partial charge < -0.3 is 10.2 Å². The van der Waals surface area contributed by atoms with Gasteiger partial charge in [0, 0.05) is 25.4 Å². The van der Waals surface area contributed by atoms with Crippen LogP contribution < -0.4 is 10.2 Å². The van der Waals surface area contributed by atoms with Crippen molar-refractivity contribution in [3.63, 3.8) is 0 Å². The SMILES string of the molecule is CNCc1cc(F)c(N(C)C(C)CSC)c(F)c1. The Bertz CT molecular complexity index is 376. The van der Waals surface area contributed by atoms with Gasteiger partial charge in [-0.15, -0.1) is 0 Å². The van der Waals surface area contributed by atoms with Crippen molar-refractivity contribution < 1.29 is 8.78 Å². The molecule has 1 N–H and O–H groups in total. The molecule has 1 atom stereocenters. The monoisotopic (exact) mass is 274 g/mol. The first kappa shape index (κ1) is 15.2. The van der Waals surface area contributed by atoms with Gasteiger partial charge in [0.25, 0.3) is 0 Å². The van der Waals surface area contributed by atoms with E-state index in [0.717, 1.165) is 5.75 Å². The van der Waals surface area contributed by atoms with Crippen LogP contribution in [0.25, 0.3) is 0 Å². The molecule has 0 aromatic heterocycles. The maximum atomic E-state index is 14.0. The lowest BCUT2D eigenvalue weighted by molar-refractivity contribution is 0.564. The van der Waals surface area contributed by atoms with Crippen molar-refractivity contribution in [1.82, 2.24) is 5.32 Å². The van der Waals surface area contributed by atoms with Crippen molar-refractivity contribution >= 4 is 17.4 Å². The highest BCUT2D eigenvalue weighted by Crippen LogP contribution is 2.26. The number of nitrogens with zero attached hydrogens (tertiary/aromatic N) is 1. The van der Waals surface area contributed by atoms with Crippen LogP contribution >= 0.6 is 11.8 Å². The van der Waals surface area contributed by atoms with Crippen molar-refractivity contribution in [2.45, 2.75) is 19.5 Å². The van der Waals surface area contributed by atoms with E-state index in [-0.39, 0.29) is 11.7 Å². The van der Waals surface area contributed by atoms with Crippen LogP contribution in [-0.2, 0) is 6.54 Å². The first-order chi connectivity index (χ1) is 8.51. The number of anilines is 1. The summed E-state index contributed by atoms with van der Waals surface area (Å²) in [5.74, 6) is -0.181. The predicted octanol–water partition coefficient (Wildman–Crippen LogP) is 2.87. The molecule has 18 heavy (non-hydrogen) atoms. The van der Waals surface area contributed by atoms with E-state index in [1.807, 2.05) is 13.2 Å². The Hall–Kier alpha value is -0.810. The lowest BCUT2D eigenvalue weighted by Crippen LogP contribution is -2.32. The Labute approximate surface area is 112 Å². The zero-order valence-electron chi connectivity index (χ0n) is 11.3. The minimum atomic E-state index is -0.504. The van der Waals surface area contributed by atoms with E-state index in [4.69, 9.17) is 0 Å². The third kappa shape index (κ3) is 3.59. The van der Waals surface area contributed by atoms with E-state index in [1.54, 1.807) is 30.8 Å². The molecule has 1 aromatic rings. The van der Waals surface area contributed by atoms with Gasteiger partial charge in [0.2, 0.25) is 0 Å². The Morgan fingerprint density at radius 2 is 1.89 bits per heavy atom. The molecule has 0 amide bonds. The number of rotatable bonds is 6. The van der Waals surface area contributed by atoms with Crippen molar-refractivity contribution in [1.29, 1.82) is 0 Å². The molecule has 1 aromatic carbocycles. The normalized spacial score (nSPS) is 12.6. The van der Waals surface area contributed by atoms with Crippen LogP contribution in [0.3, 0.4) is 0 Å². The third-order valence-corrected chi connectivity index (χ3v) is 3.70. The van der Waals surface area contributed by atoms with Crippen LogP contribution in [0.15, 0.2) is 12.1 Å². The van der Waals surface area contributed by atoms with Crippen LogP contribution in [-0.4, -0.2) is 32.1 Å². The maximum absolute atomic E-state index is 14.0. The van der Waals surface area contributed by atoms with Gasteiger partial charge in [-0.25, -0.2) is 8.78 Å². The first-order valence-electron chi connectivity index (χ1n) is 5.85. The van der Waals surface area contributed by atoms with Gasteiger partial charge in [0.1, 0.15) is 17.3 Å². The molecule has 5 heteroatoms. The number of halogens is 2. The average molecular weight is 274 g/mol. The minimum Gasteiger partial charge on any atom is -0.366 e. The minimum absolute atomic E-state index is 0.0522. The summed E-state index contributed by atoms with van der Waals surface area (Å²) in [5.41, 5.74) is 0.665. The first-order valence-corrected chi connectivity index (χ1v) is 7.25. The van der Waals surface area contributed by atoms with Gasteiger partial charge in [-0.1, -0.05) is 0 Å². The molecule has 0 saturated heterocycles. The van der Waals surface area contributed by atoms with Gasteiger partial charge in [0.05, 0.1) is 0 Å². The zero-order chi connectivity index (χ0) is 13.7. The average Bonchev–Trinajstić information content (AvgIpc) is 2.28. The molecule has 1 rings (SSSR count). The van der Waals surface area contributed by atoms with E-state index in [9.17, 15) is 8.78 Å². The maximum Gasteiger partial charge on any atom is 0.149 e. The summed E-state index contributed by atoms with van der Waals surface area (Å²) in [6.07, 6.45) is 1.98. The van der Waals surface area contributed by atoms with Crippen molar-refractivity contribution in [2.24, 2.45) is 0 Å². The summed E-state index contributed by atoms with van der Waals surface area (Å²) in [6, 6.07) is 2.85. The second-order valence-electron chi connectivity index (χ2n) is 4.35. The quantitative estimate of drug-likeness (QED) is 0.858. The molecule has 0 radical (unpaired) electrons. The Morgan fingerprint density at radius 3 is 2.33 bits per heavy atom. The molecule has 0 heterocycles. The Balaban J connectivity index is 3.02. The third-order valence-electron chi connectivity index (χ3n) is 2.88. The van der Waals surface area contributed by atoms with Crippen LogP contribution in [0, 0.1) is 11.6 Å². The van der Waals surface area contributed by atoms with Crippen molar-refractivity contribution in [3.05, 3.63) is 29.3 Å². The lowest BCUT2D eigenvalue weighted by Gasteiger charge is -2.27. The molecule has 0 saturated carbocycles. The zero-order valence-corrected chi connectivity index (χ0v) is 12.1. The van der Waals surface area contributed by atoms with Gasteiger partial charge >= 0.3 is 0 Å². The molecule has 0 fully saturated rings. The second-order valence-corrected chi connectivity index (χ2v) is 5.26. The van der Waals surface area contributed by atoms with E-state index < -0.39 is 11.6 Å². The molecule has 0 aliphatic carbocycles. The number of thioether (sulfide) groups is 1. The van der Waals surface area contributed by atoms with Crippen molar-refractivity contribution in [3.8, 4) is 0 Å². The molecule has 0 aliphatic rings. The highest BCUT2D eigenvalue weighted by Gasteiger charge is 2.18. The summed E-state index contributed by atoms with van der Waals surface area (Å²) in [5, 5.41) is 2.88. The molecule has 2 nitrogen and oxygen atoms in total. The number of nitrogens with one attached hydrogen (secondary N) is 1. The smallest absolute Gasteiger partial charge is 0.149 e. The van der Waals surface area contributed by atoms with E-state index in [2.05, 4.69) is 5.32 Å². The van der Waals surface area contributed by atoms with Gasteiger partial charge in [-0.3, -0.25) is 0 Å².